The molecule has 3 heterocycles. The van der Waals surface area contributed by atoms with Gasteiger partial charge in [0.15, 0.2) is 5.76 Å². The van der Waals surface area contributed by atoms with Gasteiger partial charge in [0.25, 0.3) is 0 Å². The minimum atomic E-state index is -1.69. The molecule has 256 valence electrons. The maximum absolute atomic E-state index is 14.2. The molecule has 5 atom stereocenters. The van der Waals surface area contributed by atoms with E-state index in [1.165, 1.54) is 20.1 Å². The molecule has 12 nitrogen and oxygen atoms in total. The summed E-state index contributed by atoms with van der Waals surface area (Å²) < 4.78 is 29.5. The number of phenolic OH excluding ortho intramolecular Hbond substituents is 1. The summed E-state index contributed by atoms with van der Waals surface area (Å²) in [4.78, 5) is 16.5. The SMILES string of the molecule is COc1ccc(-c2oc3c(CC=C(C)C)c(OCCCN4CCC(O)CC4)cc(O)c3c(=O)c2O[C@H]2O[C@H](C)[C@@H](O)[C@H](O)[C@@H]2O)cc1. The summed E-state index contributed by atoms with van der Waals surface area (Å²) >= 11 is 0. The smallest absolute Gasteiger partial charge is 0.239 e. The highest BCUT2D eigenvalue weighted by Crippen LogP contribution is 2.41. The van der Waals surface area contributed by atoms with Crippen LogP contribution in [-0.4, -0.2) is 101 Å². The number of aromatic hydroxyl groups is 1. The number of benzene rings is 2. The first-order valence-electron chi connectivity index (χ1n) is 16.0. The summed E-state index contributed by atoms with van der Waals surface area (Å²) in [7, 11) is 1.53. The standard InChI is InChI=1S/C35H45NO11/c1-19(2)6-11-24-26(44-17-5-14-36-15-12-22(37)13-16-36)18-25(38)27-29(40)34(47-35-31(42)30(41)28(39)20(3)45-35)32(46-33(24)27)21-7-9-23(43-4)10-8-21/h6-10,18,20,22,28,30-31,35,37-39,41-42H,5,11-17H2,1-4H3/t20-,28-,30+,31+,35-/m1/s1. The molecular weight excluding hydrogens is 610 g/mol. The minimum absolute atomic E-state index is 0.00324. The van der Waals surface area contributed by atoms with Gasteiger partial charge in [0.2, 0.25) is 17.5 Å². The van der Waals surface area contributed by atoms with E-state index in [0.29, 0.717) is 42.1 Å². The fourth-order valence-electron chi connectivity index (χ4n) is 5.87. The number of allylic oxidation sites excluding steroid dienone is 2. The fourth-order valence-corrected chi connectivity index (χ4v) is 5.87. The third-order valence-electron chi connectivity index (χ3n) is 8.71. The number of rotatable bonds is 11. The predicted octanol–water partition coefficient (Wildman–Crippen LogP) is 3.11. The lowest BCUT2D eigenvalue weighted by Gasteiger charge is -2.38. The van der Waals surface area contributed by atoms with Gasteiger partial charge in [-0.3, -0.25) is 4.79 Å². The van der Waals surface area contributed by atoms with E-state index in [1.807, 2.05) is 19.9 Å². The maximum Gasteiger partial charge on any atom is 0.239 e. The molecule has 0 aliphatic carbocycles. The Bertz CT molecular complexity index is 1610. The van der Waals surface area contributed by atoms with Gasteiger partial charge in [0.1, 0.15) is 46.5 Å². The van der Waals surface area contributed by atoms with Crippen molar-refractivity contribution in [2.75, 3.05) is 33.4 Å². The lowest BCUT2D eigenvalue weighted by atomic mass is 10.00. The summed E-state index contributed by atoms with van der Waals surface area (Å²) in [5.74, 6) is 0.197. The molecule has 2 aliphatic heterocycles. The highest BCUT2D eigenvalue weighted by Gasteiger charge is 2.44. The van der Waals surface area contributed by atoms with Crippen molar-refractivity contribution in [3.63, 3.8) is 0 Å². The largest absolute Gasteiger partial charge is 0.507 e. The van der Waals surface area contributed by atoms with Gasteiger partial charge in [-0.2, -0.15) is 0 Å². The molecule has 5 N–H and O–H groups in total. The molecule has 0 bridgehead atoms. The van der Waals surface area contributed by atoms with Gasteiger partial charge in [-0.15, -0.1) is 0 Å². The summed E-state index contributed by atoms with van der Waals surface area (Å²) in [6.45, 7) is 8.21. The Kier molecular flexibility index (Phi) is 11.1. The van der Waals surface area contributed by atoms with Crippen molar-refractivity contribution >= 4 is 11.0 Å². The molecule has 12 heteroatoms. The van der Waals surface area contributed by atoms with E-state index in [4.69, 9.17) is 23.4 Å². The topological polar surface area (TPSA) is 172 Å². The zero-order chi connectivity index (χ0) is 33.8. The predicted molar refractivity (Wildman–Crippen MR) is 174 cm³/mol. The van der Waals surface area contributed by atoms with Crippen LogP contribution in [0.3, 0.4) is 0 Å². The van der Waals surface area contributed by atoms with E-state index >= 15 is 0 Å². The number of hydrogen-bond donors (Lipinski definition) is 5. The fraction of sp³-hybridized carbons (Fsp3) is 0.514. The van der Waals surface area contributed by atoms with Crippen LogP contribution in [-0.2, 0) is 11.2 Å². The Morgan fingerprint density at radius 1 is 1.04 bits per heavy atom. The molecule has 2 aliphatic rings. The van der Waals surface area contributed by atoms with Gasteiger partial charge in [-0.25, -0.2) is 0 Å². The lowest BCUT2D eigenvalue weighted by molar-refractivity contribution is -0.268. The van der Waals surface area contributed by atoms with Gasteiger partial charge >= 0.3 is 0 Å². The van der Waals surface area contributed by atoms with Crippen LogP contribution in [0.4, 0.5) is 0 Å². The van der Waals surface area contributed by atoms with Crippen LogP contribution in [0.15, 0.2) is 51.2 Å². The van der Waals surface area contributed by atoms with Crippen LogP contribution in [0.5, 0.6) is 23.0 Å². The minimum Gasteiger partial charge on any atom is -0.507 e. The molecule has 3 aromatic rings. The number of aliphatic hydroxyl groups is 4. The molecule has 0 amide bonds. The number of aliphatic hydroxyl groups excluding tert-OH is 4. The number of ether oxygens (including phenoxy) is 4. The van der Waals surface area contributed by atoms with Crippen LogP contribution in [0, 0.1) is 0 Å². The van der Waals surface area contributed by atoms with Gasteiger partial charge < -0.3 is 53.8 Å². The number of likely N-dealkylation sites (tertiary alicyclic amines) is 1. The van der Waals surface area contributed by atoms with E-state index in [0.717, 1.165) is 38.0 Å². The van der Waals surface area contributed by atoms with Crippen LogP contribution in [0.25, 0.3) is 22.3 Å². The molecule has 5 rings (SSSR count). The zero-order valence-electron chi connectivity index (χ0n) is 27.2. The average molecular weight is 656 g/mol. The Morgan fingerprint density at radius 3 is 2.40 bits per heavy atom. The number of phenols is 1. The van der Waals surface area contributed by atoms with Crippen molar-refractivity contribution in [1.29, 1.82) is 0 Å². The Morgan fingerprint density at radius 2 is 1.74 bits per heavy atom. The monoisotopic (exact) mass is 655 g/mol. The molecule has 2 fully saturated rings. The number of nitrogens with zero attached hydrogens (tertiary/aromatic N) is 1. The molecule has 0 unspecified atom stereocenters. The van der Waals surface area contributed by atoms with E-state index in [9.17, 15) is 30.3 Å². The zero-order valence-corrected chi connectivity index (χ0v) is 27.2. The molecule has 0 saturated carbocycles. The Hall–Kier alpha value is -3.65. The van der Waals surface area contributed by atoms with Crippen molar-refractivity contribution in [2.24, 2.45) is 0 Å². The van der Waals surface area contributed by atoms with Gasteiger partial charge in [-0.1, -0.05) is 11.6 Å². The summed E-state index contributed by atoms with van der Waals surface area (Å²) in [5.41, 5.74) is 1.40. The third kappa shape index (κ3) is 7.75. The van der Waals surface area contributed by atoms with E-state index < -0.39 is 36.1 Å². The normalized spacial score (nSPS) is 23.9. The molecule has 2 aromatic carbocycles. The van der Waals surface area contributed by atoms with Crippen molar-refractivity contribution in [3.05, 3.63) is 57.8 Å². The van der Waals surface area contributed by atoms with Gasteiger partial charge in [0.05, 0.1) is 25.9 Å². The Labute approximate surface area is 273 Å². The first-order valence-corrected chi connectivity index (χ1v) is 16.0. The third-order valence-corrected chi connectivity index (χ3v) is 8.71. The Balaban J connectivity index is 1.58. The molecule has 0 spiro atoms. The number of piperidine rings is 1. The van der Waals surface area contributed by atoms with E-state index in [2.05, 4.69) is 4.90 Å². The highest BCUT2D eigenvalue weighted by atomic mass is 16.7. The number of fused-ring (bicyclic) bond motifs is 1. The maximum atomic E-state index is 14.2. The van der Waals surface area contributed by atoms with Crippen molar-refractivity contribution in [1.82, 2.24) is 4.90 Å². The van der Waals surface area contributed by atoms with Crippen molar-refractivity contribution in [2.45, 2.75) is 83.3 Å². The molecule has 0 radical (unpaired) electrons. The van der Waals surface area contributed by atoms with E-state index in [1.54, 1.807) is 24.3 Å². The van der Waals surface area contributed by atoms with Gasteiger partial charge in [0, 0.05) is 36.8 Å². The molecule has 2 saturated heterocycles. The second kappa shape index (κ2) is 15.1. The summed E-state index contributed by atoms with van der Waals surface area (Å²) in [5, 5.41) is 52.1. The number of hydrogen-bond acceptors (Lipinski definition) is 12. The first kappa shape index (κ1) is 34.7. The van der Waals surface area contributed by atoms with Crippen LogP contribution in [0.2, 0.25) is 0 Å². The second-order valence-corrected chi connectivity index (χ2v) is 12.5. The van der Waals surface area contributed by atoms with E-state index in [-0.39, 0.29) is 34.3 Å². The molecule has 1 aromatic heterocycles. The van der Waals surface area contributed by atoms with Gasteiger partial charge in [-0.05, 0) is 70.7 Å². The quantitative estimate of drug-likeness (QED) is 0.151. The molecular formula is C35H45NO11. The average Bonchev–Trinajstić information content (AvgIpc) is 3.05. The second-order valence-electron chi connectivity index (χ2n) is 12.5. The first-order chi connectivity index (χ1) is 22.5. The highest BCUT2D eigenvalue weighted by molar-refractivity contribution is 5.91. The summed E-state index contributed by atoms with van der Waals surface area (Å²) in [6.07, 6.45) is -2.81. The van der Waals surface area contributed by atoms with Crippen LogP contribution >= 0.6 is 0 Å². The lowest BCUT2D eigenvalue weighted by Crippen LogP contribution is -2.58. The van der Waals surface area contributed by atoms with Crippen LogP contribution in [0.1, 0.15) is 45.6 Å². The number of methoxy groups -OCH3 is 1. The van der Waals surface area contributed by atoms with Crippen molar-refractivity contribution in [3.8, 4) is 34.3 Å². The van der Waals surface area contributed by atoms with Crippen LogP contribution < -0.4 is 19.6 Å². The van der Waals surface area contributed by atoms with Crippen molar-refractivity contribution < 1.29 is 48.9 Å². The molecule has 47 heavy (non-hydrogen) atoms. The summed E-state index contributed by atoms with van der Waals surface area (Å²) in [6, 6.07) is 8.11.